The Bertz CT molecular complexity index is 238. The van der Waals surface area contributed by atoms with Crippen molar-refractivity contribution in [3.8, 4) is 0 Å². The summed E-state index contributed by atoms with van der Waals surface area (Å²) in [5.74, 6) is -0.214. The minimum atomic E-state index is -0.174. The van der Waals surface area contributed by atoms with Crippen LogP contribution in [0.4, 0.5) is 0 Å². The number of carbonyl (C=O) groups excluding carboxylic acids is 2. The molecule has 0 bridgehead atoms. The molecular formula is C8H12N2O3. The van der Waals surface area contributed by atoms with Crippen molar-refractivity contribution in [2.45, 2.75) is 0 Å². The van der Waals surface area contributed by atoms with E-state index in [1.165, 1.54) is 11.0 Å². The van der Waals surface area contributed by atoms with E-state index >= 15 is 0 Å². The number of hydrogen-bond acceptors (Lipinski definition) is 3. The lowest BCUT2D eigenvalue weighted by Gasteiger charge is -2.09. The van der Waals surface area contributed by atoms with Crippen LogP contribution in [0.15, 0.2) is 12.2 Å². The minimum Gasteiger partial charge on any atom is -0.356 e. The first kappa shape index (κ1) is 9.73. The summed E-state index contributed by atoms with van der Waals surface area (Å²) in [5, 5.41) is 2.44. The normalized spacial score (nSPS) is 17.0. The molecule has 0 saturated carbocycles. The highest BCUT2D eigenvalue weighted by Gasteiger charge is 2.18. The Hall–Kier alpha value is -1.36. The van der Waals surface area contributed by atoms with Gasteiger partial charge in [0.15, 0.2) is 0 Å². The van der Waals surface area contributed by atoms with Gasteiger partial charge in [0.2, 0.25) is 5.91 Å². The Labute approximate surface area is 76.3 Å². The van der Waals surface area contributed by atoms with E-state index in [1.54, 1.807) is 13.1 Å². The van der Waals surface area contributed by atoms with Gasteiger partial charge >= 0.3 is 0 Å². The summed E-state index contributed by atoms with van der Waals surface area (Å²) >= 11 is 0. The average Bonchev–Trinajstić information content (AvgIpc) is 2.52. The van der Waals surface area contributed by atoms with E-state index in [9.17, 15) is 9.59 Å². The van der Waals surface area contributed by atoms with Gasteiger partial charge in [0.1, 0.15) is 13.3 Å². The van der Waals surface area contributed by atoms with E-state index < -0.39 is 0 Å². The molecule has 0 unspecified atom stereocenters. The maximum absolute atomic E-state index is 11.0. The van der Waals surface area contributed by atoms with Crippen molar-refractivity contribution >= 4 is 11.8 Å². The third kappa shape index (κ3) is 2.87. The molecule has 1 heterocycles. The average molecular weight is 184 g/mol. The third-order valence-corrected chi connectivity index (χ3v) is 1.67. The molecule has 1 N–H and O–H groups in total. The second-order valence-electron chi connectivity index (χ2n) is 2.61. The topological polar surface area (TPSA) is 58.6 Å². The summed E-state index contributed by atoms with van der Waals surface area (Å²) in [4.78, 5) is 23.2. The van der Waals surface area contributed by atoms with Crippen LogP contribution < -0.4 is 5.32 Å². The van der Waals surface area contributed by atoms with E-state index in [2.05, 4.69) is 5.32 Å². The number of likely N-dealkylation sites (N-methyl/N-ethyl adjacent to an activating group) is 1. The van der Waals surface area contributed by atoms with Crippen LogP contribution in [-0.4, -0.2) is 43.6 Å². The first-order valence-electron chi connectivity index (χ1n) is 3.98. The van der Waals surface area contributed by atoms with Crippen molar-refractivity contribution in [3.05, 3.63) is 12.2 Å². The van der Waals surface area contributed by atoms with Crippen molar-refractivity contribution in [2.24, 2.45) is 0 Å². The van der Waals surface area contributed by atoms with Crippen molar-refractivity contribution in [3.63, 3.8) is 0 Å². The van der Waals surface area contributed by atoms with Gasteiger partial charge in [0.05, 0.1) is 0 Å². The summed E-state index contributed by atoms with van der Waals surface area (Å²) in [6, 6.07) is 0. The van der Waals surface area contributed by atoms with E-state index in [1.807, 2.05) is 0 Å². The van der Waals surface area contributed by atoms with E-state index in [4.69, 9.17) is 4.74 Å². The van der Waals surface area contributed by atoms with Crippen molar-refractivity contribution in [1.29, 1.82) is 0 Å². The van der Waals surface area contributed by atoms with Gasteiger partial charge in [-0.15, -0.1) is 0 Å². The van der Waals surface area contributed by atoms with Gasteiger partial charge < -0.3 is 15.0 Å². The first-order chi connectivity index (χ1) is 6.24. The predicted molar refractivity (Wildman–Crippen MR) is 45.7 cm³/mol. The van der Waals surface area contributed by atoms with Crippen LogP contribution in [0.1, 0.15) is 0 Å². The highest BCUT2D eigenvalue weighted by atomic mass is 16.5. The number of hydrogen-bond donors (Lipinski definition) is 1. The van der Waals surface area contributed by atoms with Crippen LogP contribution in [0.2, 0.25) is 0 Å². The standard InChI is InChI=1S/C8H12N2O3/c1-9-7(11)3-2-4-10-6-13-5-8(10)12/h2-3H,4-6H2,1H3,(H,9,11)/b3-2+. The lowest BCUT2D eigenvalue weighted by molar-refractivity contribution is -0.126. The van der Waals surface area contributed by atoms with Gasteiger partial charge in [-0.05, 0) is 0 Å². The molecule has 1 rings (SSSR count). The Balaban J connectivity index is 2.29. The minimum absolute atomic E-state index is 0.0402. The predicted octanol–water partition coefficient (Wildman–Crippen LogP) is -0.895. The van der Waals surface area contributed by atoms with E-state index in [-0.39, 0.29) is 18.4 Å². The van der Waals surface area contributed by atoms with Crippen LogP contribution in [0, 0.1) is 0 Å². The molecule has 2 amide bonds. The Morgan fingerprint density at radius 3 is 3.08 bits per heavy atom. The highest BCUT2D eigenvalue weighted by Crippen LogP contribution is 2.00. The molecular weight excluding hydrogens is 172 g/mol. The summed E-state index contributed by atoms with van der Waals surface area (Å²) in [6.07, 6.45) is 3.02. The SMILES string of the molecule is CNC(=O)/C=C/CN1COCC1=O. The molecule has 0 aromatic carbocycles. The largest absolute Gasteiger partial charge is 0.356 e. The number of ether oxygens (including phenoxy) is 1. The fourth-order valence-electron chi connectivity index (χ4n) is 0.931. The molecule has 5 nitrogen and oxygen atoms in total. The molecule has 0 spiro atoms. The van der Waals surface area contributed by atoms with Crippen LogP contribution in [0.3, 0.4) is 0 Å². The van der Waals surface area contributed by atoms with Crippen LogP contribution in [0.5, 0.6) is 0 Å². The molecule has 72 valence electrons. The molecule has 0 atom stereocenters. The van der Waals surface area contributed by atoms with Gasteiger partial charge in [0, 0.05) is 19.7 Å². The van der Waals surface area contributed by atoms with E-state index in [0.29, 0.717) is 13.3 Å². The quantitative estimate of drug-likeness (QED) is 0.578. The lowest BCUT2D eigenvalue weighted by Crippen LogP contribution is -2.26. The third-order valence-electron chi connectivity index (χ3n) is 1.67. The summed E-state index contributed by atoms with van der Waals surface area (Å²) in [5.41, 5.74) is 0. The molecule has 13 heavy (non-hydrogen) atoms. The number of nitrogens with one attached hydrogen (secondary N) is 1. The van der Waals surface area contributed by atoms with Crippen molar-refractivity contribution < 1.29 is 14.3 Å². The number of nitrogens with zero attached hydrogens (tertiary/aromatic N) is 1. The van der Waals surface area contributed by atoms with Crippen LogP contribution >= 0.6 is 0 Å². The zero-order valence-corrected chi connectivity index (χ0v) is 7.45. The van der Waals surface area contributed by atoms with Gasteiger partial charge in [-0.3, -0.25) is 9.59 Å². The second kappa shape index (κ2) is 4.61. The molecule has 0 aromatic rings. The van der Waals surface area contributed by atoms with Crippen molar-refractivity contribution in [2.75, 3.05) is 26.9 Å². The molecule has 0 aliphatic carbocycles. The van der Waals surface area contributed by atoms with Gasteiger partial charge in [-0.25, -0.2) is 0 Å². The fraction of sp³-hybridized carbons (Fsp3) is 0.500. The zero-order valence-electron chi connectivity index (χ0n) is 7.45. The number of amides is 2. The van der Waals surface area contributed by atoms with E-state index in [0.717, 1.165) is 0 Å². The molecule has 1 fully saturated rings. The monoisotopic (exact) mass is 184 g/mol. The number of carbonyl (C=O) groups is 2. The van der Waals surface area contributed by atoms with Gasteiger partial charge in [-0.1, -0.05) is 6.08 Å². The fourth-order valence-corrected chi connectivity index (χ4v) is 0.931. The first-order valence-corrected chi connectivity index (χ1v) is 3.98. The molecule has 1 aliphatic heterocycles. The Kier molecular flexibility index (Phi) is 3.45. The maximum Gasteiger partial charge on any atom is 0.250 e. The molecule has 0 aromatic heterocycles. The Morgan fingerprint density at radius 1 is 1.77 bits per heavy atom. The summed E-state index contributed by atoms with van der Waals surface area (Å²) in [6.45, 7) is 0.886. The van der Waals surface area contributed by atoms with Gasteiger partial charge in [0.25, 0.3) is 5.91 Å². The second-order valence-corrected chi connectivity index (χ2v) is 2.61. The maximum atomic E-state index is 11.0. The summed E-state index contributed by atoms with van der Waals surface area (Å²) in [7, 11) is 1.55. The van der Waals surface area contributed by atoms with Crippen LogP contribution in [0.25, 0.3) is 0 Å². The van der Waals surface area contributed by atoms with Gasteiger partial charge in [-0.2, -0.15) is 0 Å². The molecule has 5 heteroatoms. The Morgan fingerprint density at radius 2 is 2.54 bits per heavy atom. The molecule has 1 saturated heterocycles. The smallest absolute Gasteiger partial charge is 0.250 e. The van der Waals surface area contributed by atoms with Crippen molar-refractivity contribution in [1.82, 2.24) is 10.2 Å². The number of rotatable bonds is 3. The zero-order chi connectivity index (χ0) is 9.68. The lowest BCUT2D eigenvalue weighted by atomic mass is 10.4. The van der Waals surface area contributed by atoms with Crippen LogP contribution in [-0.2, 0) is 14.3 Å². The molecule has 1 aliphatic rings. The summed E-state index contributed by atoms with van der Waals surface area (Å²) < 4.78 is 4.90. The molecule has 0 radical (unpaired) electrons. The highest BCUT2D eigenvalue weighted by molar-refractivity contribution is 5.87.